The highest BCUT2D eigenvalue weighted by Gasteiger charge is 2.06. The van der Waals surface area contributed by atoms with Crippen molar-refractivity contribution in [1.82, 2.24) is 0 Å². The van der Waals surface area contributed by atoms with Gasteiger partial charge in [0.15, 0.2) is 0 Å². The van der Waals surface area contributed by atoms with E-state index in [4.69, 9.17) is 0 Å². The molecule has 0 aromatic carbocycles. The molecule has 0 bridgehead atoms. The number of carbonyl (C=O) groups is 1. The fraction of sp³-hybridized carbons (Fsp3) is 0.722. The van der Waals surface area contributed by atoms with Crippen molar-refractivity contribution >= 4 is 5.97 Å². The first kappa shape index (κ1) is 18.9. The van der Waals surface area contributed by atoms with E-state index < -0.39 is 0 Å². The summed E-state index contributed by atoms with van der Waals surface area (Å²) in [6.07, 6.45) is 13.3. The van der Waals surface area contributed by atoms with Crippen molar-refractivity contribution in [3.8, 4) is 0 Å². The van der Waals surface area contributed by atoms with Crippen LogP contribution in [0.2, 0.25) is 0 Å². The molecule has 0 aliphatic heterocycles. The third-order valence-corrected chi connectivity index (χ3v) is 3.98. The fourth-order valence-electron chi connectivity index (χ4n) is 2.19. The van der Waals surface area contributed by atoms with Crippen molar-refractivity contribution in [3.05, 3.63) is 23.8 Å². The second-order valence-electron chi connectivity index (χ2n) is 5.77. The van der Waals surface area contributed by atoms with Crippen LogP contribution in [0.1, 0.15) is 66.2 Å². The second-order valence-corrected chi connectivity index (χ2v) is 5.77. The summed E-state index contributed by atoms with van der Waals surface area (Å²) in [5.74, 6) is 1.34. The van der Waals surface area contributed by atoms with Crippen molar-refractivity contribution in [1.29, 1.82) is 0 Å². The number of ether oxygens (including phenoxy) is 1. The van der Waals surface area contributed by atoms with E-state index in [0.29, 0.717) is 0 Å². The molecule has 0 aliphatic rings. The monoisotopic (exact) mass is 280 g/mol. The molecule has 0 rings (SSSR count). The molecule has 0 saturated heterocycles. The van der Waals surface area contributed by atoms with Gasteiger partial charge in [-0.1, -0.05) is 65.0 Å². The number of carbonyl (C=O) groups excluding carboxylic acids is 1. The van der Waals surface area contributed by atoms with Crippen molar-refractivity contribution in [2.75, 3.05) is 7.11 Å². The van der Waals surface area contributed by atoms with Crippen LogP contribution in [0.3, 0.4) is 0 Å². The van der Waals surface area contributed by atoms with Crippen molar-refractivity contribution < 1.29 is 9.53 Å². The third-order valence-electron chi connectivity index (χ3n) is 3.98. The molecule has 0 aromatic heterocycles. The van der Waals surface area contributed by atoms with Gasteiger partial charge in [0, 0.05) is 6.08 Å². The van der Waals surface area contributed by atoms with Crippen LogP contribution >= 0.6 is 0 Å². The number of methoxy groups -OCH3 is 1. The molecule has 0 heterocycles. The Morgan fingerprint density at radius 1 is 1.20 bits per heavy atom. The Morgan fingerprint density at radius 3 is 2.45 bits per heavy atom. The summed E-state index contributed by atoms with van der Waals surface area (Å²) >= 11 is 0. The molecular weight excluding hydrogens is 248 g/mol. The third kappa shape index (κ3) is 9.82. The van der Waals surface area contributed by atoms with Crippen molar-refractivity contribution in [2.24, 2.45) is 11.8 Å². The zero-order valence-corrected chi connectivity index (χ0v) is 13.9. The Labute approximate surface area is 125 Å². The zero-order chi connectivity index (χ0) is 15.4. The van der Waals surface area contributed by atoms with Gasteiger partial charge in [0.05, 0.1) is 7.11 Å². The Hall–Kier alpha value is -1.05. The second kappa shape index (κ2) is 11.7. The van der Waals surface area contributed by atoms with Crippen LogP contribution in [-0.2, 0) is 9.53 Å². The van der Waals surface area contributed by atoms with Gasteiger partial charge in [0.25, 0.3) is 0 Å². The topological polar surface area (TPSA) is 26.3 Å². The minimum absolute atomic E-state index is 0.284. The minimum atomic E-state index is -0.284. The van der Waals surface area contributed by atoms with Gasteiger partial charge >= 0.3 is 5.97 Å². The molecule has 0 radical (unpaired) electrons. The van der Waals surface area contributed by atoms with Gasteiger partial charge in [-0.15, -0.1) is 0 Å². The van der Waals surface area contributed by atoms with E-state index in [9.17, 15) is 4.79 Å². The Bertz CT molecular complexity index is 315. The molecule has 0 saturated carbocycles. The SMILES string of the molecule is CCC(C)CCCC(CC)CC=CC(C)=CC(=O)OC. The Kier molecular flexibility index (Phi) is 11.1. The predicted octanol–water partition coefficient (Wildman–Crippen LogP) is 5.29. The molecule has 0 fully saturated rings. The number of esters is 1. The first-order chi connectivity index (χ1) is 9.53. The van der Waals surface area contributed by atoms with E-state index in [0.717, 1.165) is 23.8 Å². The molecule has 0 N–H and O–H groups in total. The summed E-state index contributed by atoms with van der Waals surface area (Å²) in [6.45, 7) is 8.79. The van der Waals surface area contributed by atoms with Crippen LogP contribution < -0.4 is 0 Å². The van der Waals surface area contributed by atoms with E-state index in [1.165, 1.54) is 45.3 Å². The molecule has 2 nitrogen and oxygen atoms in total. The first-order valence-corrected chi connectivity index (χ1v) is 7.96. The van der Waals surface area contributed by atoms with Crippen molar-refractivity contribution in [2.45, 2.75) is 66.2 Å². The van der Waals surface area contributed by atoms with E-state index in [1.807, 2.05) is 13.0 Å². The largest absolute Gasteiger partial charge is 0.466 e. The van der Waals surface area contributed by atoms with Gasteiger partial charge in [0.1, 0.15) is 0 Å². The fourth-order valence-corrected chi connectivity index (χ4v) is 2.19. The van der Waals surface area contributed by atoms with Gasteiger partial charge in [-0.2, -0.15) is 0 Å². The quantitative estimate of drug-likeness (QED) is 0.308. The summed E-state index contributed by atoms with van der Waals surface area (Å²) in [4.78, 5) is 11.1. The number of hydrogen-bond donors (Lipinski definition) is 0. The van der Waals surface area contributed by atoms with E-state index in [1.54, 1.807) is 0 Å². The first-order valence-electron chi connectivity index (χ1n) is 7.96. The molecule has 0 aliphatic carbocycles. The normalized spacial score (nSPS) is 15.3. The molecule has 20 heavy (non-hydrogen) atoms. The molecule has 2 unspecified atom stereocenters. The Morgan fingerprint density at radius 2 is 1.90 bits per heavy atom. The molecule has 0 aromatic rings. The Balaban J connectivity index is 4.05. The maximum atomic E-state index is 11.1. The lowest BCUT2D eigenvalue weighted by Gasteiger charge is -2.14. The van der Waals surface area contributed by atoms with Crippen LogP contribution in [-0.4, -0.2) is 13.1 Å². The van der Waals surface area contributed by atoms with Crippen LogP contribution in [0.25, 0.3) is 0 Å². The lowest BCUT2D eigenvalue weighted by molar-refractivity contribution is -0.134. The maximum absolute atomic E-state index is 11.1. The van der Waals surface area contributed by atoms with Gasteiger partial charge in [0.2, 0.25) is 0 Å². The molecule has 116 valence electrons. The van der Waals surface area contributed by atoms with E-state index in [2.05, 4.69) is 31.6 Å². The minimum Gasteiger partial charge on any atom is -0.466 e. The number of rotatable bonds is 10. The van der Waals surface area contributed by atoms with E-state index >= 15 is 0 Å². The molecule has 2 heteroatoms. The highest BCUT2D eigenvalue weighted by atomic mass is 16.5. The predicted molar refractivity (Wildman–Crippen MR) is 86.6 cm³/mol. The highest BCUT2D eigenvalue weighted by Crippen LogP contribution is 2.20. The lowest BCUT2D eigenvalue weighted by atomic mass is 9.92. The van der Waals surface area contributed by atoms with Crippen LogP contribution in [0.5, 0.6) is 0 Å². The summed E-state index contributed by atoms with van der Waals surface area (Å²) in [5, 5.41) is 0. The molecule has 0 amide bonds. The molecule has 2 atom stereocenters. The van der Waals surface area contributed by atoms with Crippen LogP contribution in [0.15, 0.2) is 23.8 Å². The summed E-state index contributed by atoms with van der Waals surface area (Å²) in [5.41, 5.74) is 0.950. The summed E-state index contributed by atoms with van der Waals surface area (Å²) < 4.78 is 4.61. The van der Waals surface area contributed by atoms with Gasteiger partial charge in [-0.05, 0) is 30.8 Å². The van der Waals surface area contributed by atoms with Crippen LogP contribution in [0.4, 0.5) is 0 Å². The average Bonchev–Trinajstić information content (AvgIpc) is 2.44. The number of hydrogen-bond acceptors (Lipinski definition) is 2. The summed E-state index contributed by atoms with van der Waals surface area (Å²) in [6, 6.07) is 0. The highest BCUT2D eigenvalue weighted by molar-refractivity contribution is 5.83. The van der Waals surface area contributed by atoms with Gasteiger partial charge in [-0.25, -0.2) is 4.79 Å². The van der Waals surface area contributed by atoms with E-state index in [-0.39, 0.29) is 5.97 Å². The molecule has 0 spiro atoms. The van der Waals surface area contributed by atoms with Crippen molar-refractivity contribution in [3.63, 3.8) is 0 Å². The average molecular weight is 280 g/mol. The van der Waals surface area contributed by atoms with Gasteiger partial charge in [-0.3, -0.25) is 0 Å². The lowest BCUT2D eigenvalue weighted by Crippen LogP contribution is -2.00. The smallest absolute Gasteiger partial charge is 0.330 e. The van der Waals surface area contributed by atoms with Crippen LogP contribution in [0, 0.1) is 11.8 Å². The standard InChI is InChI=1S/C18H32O2/c1-6-15(3)10-8-12-17(7-2)13-9-11-16(4)14-18(19)20-5/h9,11,14-15,17H,6-8,10,12-13H2,1-5H3. The molecular formula is C18H32O2. The van der Waals surface area contributed by atoms with Gasteiger partial charge < -0.3 is 4.74 Å². The zero-order valence-electron chi connectivity index (χ0n) is 13.9. The summed E-state index contributed by atoms with van der Waals surface area (Å²) in [7, 11) is 1.40. The number of allylic oxidation sites excluding steroid dienone is 3. The maximum Gasteiger partial charge on any atom is 0.330 e.